The lowest BCUT2D eigenvalue weighted by Crippen LogP contribution is -2.26. The molecule has 12 heavy (non-hydrogen) atoms. The van der Waals surface area contributed by atoms with Crippen LogP contribution in [0.2, 0.25) is 5.02 Å². The minimum Gasteiger partial charge on any atom is -0.618 e. The van der Waals surface area contributed by atoms with E-state index in [-0.39, 0.29) is 0 Å². The van der Waals surface area contributed by atoms with Gasteiger partial charge in [0.05, 0.1) is 5.02 Å². The van der Waals surface area contributed by atoms with Crippen LogP contribution in [0.3, 0.4) is 0 Å². The highest BCUT2D eigenvalue weighted by Gasteiger charge is 2.06. The first-order chi connectivity index (χ1) is 5.79. The first-order valence-electron chi connectivity index (χ1n) is 3.41. The number of fused-ring (bicyclic) bond motifs is 1. The Morgan fingerprint density at radius 1 is 1.42 bits per heavy atom. The molecule has 0 spiro atoms. The summed E-state index contributed by atoms with van der Waals surface area (Å²) >= 11 is 5.81. The van der Waals surface area contributed by atoms with Gasteiger partial charge in [0.1, 0.15) is 0 Å². The number of pyridine rings is 2. The number of hydrogen-bond donors (Lipinski definition) is 0. The van der Waals surface area contributed by atoms with Gasteiger partial charge in [-0.25, -0.2) is 4.98 Å². The van der Waals surface area contributed by atoms with E-state index in [1.54, 1.807) is 18.3 Å². The zero-order valence-electron chi connectivity index (χ0n) is 6.07. The molecule has 0 bridgehead atoms. The van der Waals surface area contributed by atoms with Gasteiger partial charge in [-0.05, 0) is 6.07 Å². The molecule has 4 heteroatoms. The topological polar surface area (TPSA) is 39.8 Å². The molecule has 0 atom stereocenters. The molecule has 60 valence electrons. The summed E-state index contributed by atoms with van der Waals surface area (Å²) in [6.45, 7) is 0. The third kappa shape index (κ3) is 0.987. The van der Waals surface area contributed by atoms with E-state index < -0.39 is 0 Å². The van der Waals surface area contributed by atoms with E-state index >= 15 is 0 Å². The Morgan fingerprint density at radius 2 is 2.25 bits per heavy atom. The molecule has 2 heterocycles. The fraction of sp³-hybridized carbons (Fsp3) is 0. The molecule has 0 fully saturated rings. The molecule has 0 N–H and O–H groups in total. The molecule has 2 rings (SSSR count). The van der Waals surface area contributed by atoms with Crippen LogP contribution in [0.5, 0.6) is 0 Å². The van der Waals surface area contributed by atoms with Crippen LogP contribution in [0.4, 0.5) is 0 Å². The second kappa shape index (κ2) is 2.60. The minimum atomic E-state index is 0.491. The molecule has 0 saturated heterocycles. The molecule has 0 radical (unpaired) electrons. The molecule has 2 aromatic heterocycles. The summed E-state index contributed by atoms with van der Waals surface area (Å²) in [5.41, 5.74) is 1.03. The van der Waals surface area contributed by atoms with Crippen molar-refractivity contribution in [1.82, 2.24) is 4.98 Å². The number of hydrogen-bond acceptors (Lipinski definition) is 2. The van der Waals surface area contributed by atoms with Crippen LogP contribution in [-0.2, 0) is 0 Å². The molecule has 3 nitrogen and oxygen atoms in total. The van der Waals surface area contributed by atoms with Gasteiger partial charge < -0.3 is 5.21 Å². The van der Waals surface area contributed by atoms with E-state index in [1.807, 2.05) is 0 Å². The lowest BCUT2D eigenvalue weighted by molar-refractivity contribution is -0.577. The van der Waals surface area contributed by atoms with Crippen LogP contribution in [0.25, 0.3) is 11.0 Å². The normalized spacial score (nSPS) is 10.4. The van der Waals surface area contributed by atoms with Gasteiger partial charge in [0.25, 0.3) is 0 Å². The Hall–Kier alpha value is -1.35. The molecular weight excluding hydrogens is 176 g/mol. The van der Waals surface area contributed by atoms with Crippen molar-refractivity contribution in [2.75, 3.05) is 0 Å². The van der Waals surface area contributed by atoms with E-state index in [4.69, 9.17) is 11.6 Å². The number of rotatable bonds is 0. The standard InChI is InChI=1S/C8H5ClN2O/c9-6-3-5-11(12)7-2-1-4-10-8(6)7/h1-5H. The second-order valence-electron chi connectivity index (χ2n) is 2.36. The maximum atomic E-state index is 11.1. The zero-order chi connectivity index (χ0) is 8.55. The van der Waals surface area contributed by atoms with Gasteiger partial charge in [0.15, 0.2) is 11.7 Å². The van der Waals surface area contributed by atoms with Crippen molar-refractivity contribution in [1.29, 1.82) is 0 Å². The Labute approximate surface area is 73.8 Å². The summed E-state index contributed by atoms with van der Waals surface area (Å²) in [7, 11) is 0. The average molecular weight is 181 g/mol. The molecular formula is C8H5ClN2O. The second-order valence-corrected chi connectivity index (χ2v) is 2.77. The van der Waals surface area contributed by atoms with E-state index in [0.29, 0.717) is 16.1 Å². The first-order valence-corrected chi connectivity index (χ1v) is 3.79. The molecule has 0 aromatic carbocycles. The molecule has 2 aromatic rings. The van der Waals surface area contributed by atoms with Crippen LogP contribution < -0.4 is 4.73 Å². The molecule has 0 aliphatic heterocycles. The zero-order valence-corrected chi connectivity index (χ0v) is 6.82. The lowest BCUT2D eigenvalue weighted by atomic mass is 10.3. The summed E-state index contributed by atoms with van der Waals surface area (Å²) in [6.07, 6.45) is 2.97. The lowest BCUT2D eigenvalue weighted by Gasteiger charge is -2.00. The maximum absolute atomic E-state index is 11.1. The third-order valence-corrected chi connectivity index (χ3v) is 1.91. The van der Waals surface area contributed by atoms with Crippen LogP contribution in [0.1, 0.15) is 0 Å². The minimum absolute atomic E-state index is 0.491. The van der Waals surface area contributed by atoms with Crippen molar-refractivity contribution < 1.29 is 4.73 Å². The summed E-state index contributed by atoms with van der Waals surface area (Å²) < 4.78 is 0.744. The van der Waals surface area contributed by atoms with Crippen LogP contribution in [-0.4, -0.2) is 4.98 Å². The van der Waals surface area contributed by atoms with Crippen LogP contribution >= 0.6 is 11.6 Å². The van der Waals surface area contributed by atoms with Gasteiger partial charge in [-0.2, -0.15) is 4.73 Å². The van der Waals surface area contributed by atoms with Crippen molar-refractivity contribution in [3.05, 3.63) is 40.8 Å². The average Bonchev–Trinajstić information content (AvgIpc) is 2.12. The predicted molar refractivity (Wildman–Crippen MR) is 45.7 cm³/mol. The summed E-state index contributed by atoms with van der Waals surface area (Å²) in [4.78, 5) is 3.99. The van der Waals surface area contributed by atoms with Gasteiger partial charge in [0, 0.05) is 18.3 Å². The maximum Gasteiger partial charge on any atom is 0.243 e. The van der Waals surface area contributed by atoms with E-state index in [1.165, 1.54) is 12.3 Å². The van der Waals surface area contributed by atoms with Crippen molar-refractivity contribution in [2.24, 2.45) is 0 Å². The van der Waals surface area contributed by atoms with E-state index in [2.05, 4.69) is 4.98 Å². The summed E-state index contributed by atoms with van der Waals surface area (Å²) in [5, 5.41) is 11.6. The SMILES string of the molecule is [O-][n+]1ccc(Cl)c2ncccc21. The van der Waals surface area contributed by atoms with Gasteiger partial charge in [-0.15, -0.1) is 0 Å². The Balaban J connectivity index is 2.95. The molecule has 0 unspecified atom stereocenters. The molecule has 0 aliphatic rings. The number of halogens is 1. The largest absolute Gasteiger partial charge is 0.618 e. The highest BCUT2D eigenvalue weighted by Crippen LogP contribution is 2.16. The van der Waals surface area contributed by atoms with E-state index in [9.17, 15) is 5.21 Å². The number of nitrogens with zero attached hydrogens (tertiary/aromatic N) is 2. The van der Waals surface area contributed by atoms with Gasteiger partial charge in [0.2, 0.25) is 5.52 Å². The molecule has 0 amide bonds. The van der Waals surface area contributed by atoms with Gasteiger partial charge >= 0.3 is 0 Å². The van der Waals surface area contributed by atoms with Crippen molar-refractivity contribution >= 4 is 22.6 Å². The van der Waals surface area contributed by atoms with Crippen molar-refractivity contribution in [2.45, 2.75) is 0 Å². The Bertz CT molecular complexity index is 390. The molecule has 0 saturated carbocycles. The Kier molecular flexibility index (Phi) is 1.59. The van der Waals surface area contributed by atoms with Gasteiger partial charge in [-0.3, -0.25) is 0 Å². The highest BCUT2D eigenvalue weighted by molar-refractivity contribution is 6.34. The fourth-order valence-corrected chi connectivity index (χ4v) is 1.25. The Morgan fingerprint density at radius 3 is 3.00 bits per heavy atom. The van der Waals surface area contributed by atoms with Crippen LogP contribution in [0, 0.1) is 5.21 Å². The smallest absolute Gasteiger partial charge is 0.243 e. The quantitative estimate of drug-likeness (QED) is 0.456. The van der Waals surface area contributed by atoms with E-state index in [0.717, 1.165) is 4.73 Å². The van der Waals surface area contributed by atoms with Crippen molar-refractivity contribution in [3.8, 4) is 0 Å². The number of aromatic nitrogens is 2. The fourth-order valence-electron chi connectivity index (χ4n) is 1.05. The summed E-state index contributed by atoms with van der Waals surface area (Å²) in [5.74, 6) is 0. The highest BCUT2D eigenvalue weighted by atomic mass is 35.5. The third-order valence-electron chi connectivity index (χ3n) is 1.61. The predicted octanol–water partition coefficient (Wildman–Crippen LogP) is 1.52. The monoisotopic (exact) mass is 180 g/mol. The molecule has 0 aliphatic carbocycles. The van der Waals surface area contributed by atoms with Crippen LogP contribution in [0.15, 0.2) is 30.6 Å². The van der Waals surface area contributed by atoms with Gasteiger partial charge in [-0.1, -0.05) is 11.6 Å². The van der Waals surface area contributed by atoms with Crippen molar-refractivity contribution in [3.63, 3.8) is 0 Å². The summed E-state index contributed by atoms with van der Waals surface area (Å²) in [6, 6.07) is 4.91. The first kappa shape index (κ1) is 7.31.